The SMILES string of the molecule is O=C(Cc1cccnc1)N1CCC(N2CCCC2)C1. The molecule has 1 unspecified atom stereocenters. The van der Waals surface area contributed by atoms with Crippen molar-refractivity contribution in [3.8, 4) is 0 Å². The van der Waals surface area contributed by atoms with Crippen LogP contribution in [0.15, 0.2) is 24.5 Å². The summed E-state index contributed by atoms with van der Waals surface area (Å²) in [5.41, 5.74) is 1.01. The Morgan fingerprint density at radius 2 is 2.16 bits per heavy atom. The van der Waals surface area contributed by atoms with E-state index < -0.39 is 0 Å². The molecule has 19 heavy (non-hydrogen) atoms. The Morgan fingerprint density at radius 3 is 2.89 bits per heavy atom. The van der Waals surface area contributed by atoms with Crippen molar-refractivity contribution in [3.05, 3.63) is 30.1 Å². The number of likely N-dealkylation sites (tertiary alicyclic amines) is 2. The molecule has 3 heterocycles. The van der Waals surface area contributed by atoms with Gasteiger partial charge in [0.25, 0.3) is 0 Å². The lowest BCUT2D eigenvalue weighted by molar-refractivity contribution is -0.129. The van der Waals surface area contributed by atoms with Crippen molar-refractivity contribution in [2.75, 3.05) is 26.2 Å². The van der Waals surface area contributed by atoms with Gasteiger partial charge < -0.3 is 4.90 Å². The molecule has 2 aliphatic rings. The third kappa shape index (κ3) is 2.95. The molecule has 3 rings (SSSR count). The molecule has 1 amide bonds. The number of aromatic nitrogens is 1. The second kappa shape index (κ2) is 5.70. The average Bonchev–Trinajstić information content (AvgIpc) is 3.11. The molecule has 2 saturated heterocycles. The van der Waals surface area contributed by atoms with Gasteiger partial charge in [0.2, 0.25) is 5.91 Å². The van der Waals surface area contributed by atoms with Crippen LogP contribution in [0.2, 0.25) is 0 Å². The minimum Gasteiger partial charge on any atom is -0.341 e. The molecular formula is C15H21N3O. The number of amides is 1. The first-order valence-corrected chi connectivity index (χ1v) is 7.23. The summed E-state index contributed by atoms with van der Waals surface area (Å²) in [5.74, 6) is 0.245. The molecule has 0 spiro atoms. The van der Waals surface area contributed by atoms with Crippen molar-refractivity contribution in [3.63, 3.8) is 0 Å². The van der Waals surface area contributed by atoms with E-state index in [1.807, 2.05) is 17.0 Å². The van der Waals surface area contributed by atoms with Gasteiger partial charge in [0.15, 0.2) is 0 Å². The zero-order valence-electron chi connectivity index (χ0n) is 11.3. The van der Waals surface area contributed by atoms with E-state index in [2.05, 4.69) is 9.88 Å². The first-order valence-electron chi connectivity index (χ1n) is 7.23. The quantitative estimate of drug-likeness (QED) is 0.821. The smallest absolute Gasteiger partial charge is 0.227 e. The summed E-state index contributed by atoms with van der Waals surface area (Å²) in [6.07, 6.45) is 7.79. The summed E-state index contributed by atoms with van der Waals surface area (Å²) in [6, 6.07) is 4.46. The molecular weight excluding hydrogens is 238 g/mol. The van der Waals surface area contributed by atoms with E-state index in [9.17, 15) is 4.79 Å². The van der Waals surface area contributed by atoms with Crippen molar-refractivity contribution in [1.29, 1.82) is 0 Å². The number of pyridine rings is 1. The molecule has 1 atom stereocenters. The molecule has 4 nitrogen and oxygen atoms in total. The van der Waals surface area contributed by atoms with Crippen molar-refractivity contribution in [2.45, 2.75) is 31.7 Å². The average molecular weight is 259 g/mol. The first-order chi connectivity index (χ1) is 9.33. The highest BCUT2D eigenvalue weighted by Crippen LogP contribution is 2.20. The van der Waals surface area contributed by atoms with Gasteiger partial charge in [-0.25, -0.2) is 0 Å². The van der Waals surface area contributed by atoms with Gasteiger partial charge >= 0.3 is 0 Å². The normalized spacial score (nSPS) is 24.0. The van der Waals surface area contributed by atoms with Crippen molar-refractivity contribution in [2.24, 2.45) is 0 Å². The number of rotatable bonds is 3. The fourth-order valence-electron chi connectivity index (χ4n) is 3.16. The molecule has 4 heteroatoms. The Morgan fingerprint density at radius 1 is 1.32 bits per heavy atom. The van der Waals surface area contributed by atoms with Crippen LogP contribution in [0.25, 0.3) is 0 Å². The van der Waals surface area contributed by atoms with Crippen LogP contribution in [-0.2, 0) is 11.2 Å². The van der Waals surface area contributed by atoms with Crippen LogP contribution in [0.3, 0.4) is 0 Å². The molecule has 0 N–H and O–H groups in total. The van der Waals surface area contributed by atoms with Gasteiger partial charge in [-0.1, -0.05) is 6.07 Å². The monoisotopic (exact) mass is 259 g/mol. The van der Waals surface area contributed by atoms with E-state index in [-0.39, 0.29) is 5.91 Å². The predicted octanol–water partition coefficient (Wildman–Crippen LogP) is 1.32. The summed E-state index contributed by atoms with van der Waals surface area (Å²) < 4.78 is 0. The standard InChI is InChI=1S/C15H21N3O/c19-15(10-13-4-3-6-16-11-13)18-9-5-14(12-18)17-7-1-2-8-17/h3-4,6,11,14H,1-2,5,7-10,12H2. The molecule has 1 aromatic rings. The molecule has 0 aliphatic carbocycles. The molecule has 0 radical (unpaired) electrons. The minimum atomic E-state index is 0.245. The van der Waals surface area contributed by atoms with Crippen LogP contribution in [-0.4, -0.2) is 52.9 Å². The van der Waals surface area contributed by atoms with Gasteiger partial charge in [0.1, 0.15) is 0 Å². The van der Waals surface area contributed by atoms with Crippen LogP contribution in [0.1, 0.15) is 24.8 Å². The summed E-state index contributed by atoms with van der Waals surface area (Å²) in [7, 11) is 0. The highest BCUT2D eigenvalue weighted by atomic mass is 16.2. The van der Waals surface area contributed by atoms with E-state index in [1.165, 1.54) is 25.9 Å². The zero-order valence-corrected chi connectivity index (χ0v) is 11.3. The van der Waals surface area contributed by atoms with E-state index in [0.29, 0.717) is 12.5 Å². The van der Waals surface area contributed by atoms with E-state index in [4.69, 9.17) is 0 Å². The maximum absolute atomic E-state index is 12.3. The van der Waals surface area contributed by atoms with Gasteiger partial charge in [-0.2, -0.15) is 0 Å². The molecule has 2 fully saturated rings. The van der Waals surface area contributed by atoms with Crippen LogP contribution in [0.5, 0.6) is 0 Å². The minimum absolute atomic E-state index is 0.245. The predicted molar refractivity (Wildman–Crippen MR) is 73.7 cm³/mol. The zero-order chi connectivity index (χ0) is 13.1. The maximum Gasteiger partial charge on any atom is 0.227 e. The summed E-state index contributed by atoms with van der Waals surface area (Å²) in [4.78, 5) is 20.9. The third-order valence-corrected chi connectivity index (χ3v) is 4.25. The van der Waals surface area contributed by atoms with Crippen molar-refractivity contribution in [1.82, 2.24) is 14.8 Å². The summed E-state index contributed by atoms with van der Waals surface area (Å²) >= 11 is 0. The Hall–Kier alpha value is -1.42. The second-order valence-electron chi connectivity index (χ2n) is 5.56. The van der Waals surface area contributed by atoms with Crippen LogP contribution < -0.4 is 0 Å². The summed E-state index contributed by atoms with van der Waals surface area (Å²) in [5, 5.41) is 0. The van der Waals surface area contributed by atoms with Crippen molar-refractivity contribution >= 4 is 5.91 Å². The highest BCUT2D eigenvalue weighted by Gasteiger charge is 2.31. The lowest BCUT2D eigenvalue weighted by atomic mass is 10.2. The van der Waals surface area contributed by atoms with Gasteiger partial charge in [-0.3, -0.25) is 14.7 Å². The molecule has 1 aromatic heterocycles. The second-order valence-corrected chi connectivity index (χ2v) is 5.56. The number of nitrogens with zero attached hydrogens (tertiary/aromatic N) is 3. The van der Waals surface area contributed by atoms with Crippen LogP contribution >= 0.6 is 0 Å². The molecule has 0 aromatic carbocycles. The lowest BCUT2D eigenvalue weighted by Crippen LogP contribution is -2.37. The van der Waals surface area contributed by atoms with E-state index in [0.717, 1.165) is 25.1 Å². The highest BCUT2D eigenvalue weighted by molar-refractivity contribution is 5.79. The van der Waals surface area contributed by atoms with Crippen LogP contribution in [0, 0.1) is 0 Å². The number of carbonyl (C=O) groups excluding carboxylic acids is 1. The number of hydrogen-bond donors (Lipinski definition) is 0. The third-order valence-electron chi connectivity index (χ3n) is 4.25. The van der Waals surface area contributed by atoms with Gasteiger partial charge in [0.05, 0.1) is 6.42 Å². The fourth-order valence-corrected chi connectivity index (χ4v) is 3.16. The van der Waals surface area contributed by atoms with Crippen molar-refractivity contribution < 1.29 is 4.79 Å². The maximum atomic E-state index is 12.3. The van der Waals surface area contributed by atoms with Gasteiger partial charge in [-0.15, -0.1) is 0 Å². The Kier molecular flexibility index (Phi) is 3.78. The molecule has 102 valence electrons. The number of hydrogen-bond acceptors (Lipinski definition) is 3. The Bertz CT molecular complexity index is 428. The number of carbonyl (C=O) groups is 1. The largest absolute Gasteiger partial charge is 0.341 e. The van der Waals surface area contributed by atoms with Gasteiger partial charge in [-0.05, 0) is 44.0 Å². The summed E-state index contributed by atoms with van der Waals surface area (Å²) in [6.45, 7) is 4.27. The van der Waals surface area contributed by atoms with Gasteiger partial charge in [0, 0.05) is 31.5 Å². The van der Waals surface area contributed by atoms with Crippen LogP contribution in [0.4, 0.5) is 0 Å². The van der Waals surface area contributed by atoms with E-state index in [1.54, 1.807) is 12.4 Å². The Balaban J connectivity index is 1.54. The fraction of sp³-hybridized carbons (Fsp3) is 0.600. The first kappa shape index (κ1) is 12.6. The Labute approximate surface area is 114 Å². The molecule has 0 bridgehead atoms. The van der Waals surface area contributed by atoms with E-state index >= 15 is 0 Å². The molecule has 2 aliphatic heterocycles. The molecule has 0 saturated carbocycles. The lowest BCUT2D eigenvalue weighted by Gasteiger charge is -2.23. The topological polar surface area (TPSA) is 36.4 Å².